The van der Waals surface area contributed by atoms with Gasteiger partial charge in [0.15, 0.2) is 0 Å². The van der Waals surface area contributed by atoms with Crippen molar-refractivity contribution in [2.45, 2.75) is 17.1 Å². The highest BCUT2D eigenvalue weighted by Gasteiger charge is 2.49. The summed E-state index contributed by atoms with van der Waals surface area (Å²) >= 11 is 0. The molecule has 0 bridgehead atoms. The highest BCUT2D eigenvalue weighted by atomic mass is 32.2. The predicted molar refractivity (Wildman–Crippen MR) is 84.0 cm³/mol. The fourth-order valence-corrected chi connectivity index (χ4v) is 3.96. The van der Waals surface area contributed by atoms with Crippen molar-refractivity contribution in [2.24, 2.45) is 0 Å². The number of hydrogen-bond acceptors (Lipinski definition) is 4. The van der Waals surface area contributed by atoms with E-state index < -0.39 is 51.7 Å². The first kappa shape index (κ1) is 20.7. The highest BCUT2D eigenvalue weighted by molar-refractivity contribution is 7.89. The van der Waals surface area contributed by atoms with Crippen LogP contribution in [0.4, 0.5) is 22.0 Å². The molecule has 11 heteroatoms. The molecule has 0 spiro atoms. The Morgan fingerprint density at radius 3 is 2.33 bits per heavy atom. The molecule has 2 aromatic rings. The van der Waals surface area contributed by atoms with Gasteiger partial charge in [-0.1, -0.05) is 12.1 Å². The number of alkyl halides is 4. The van der Waals surface area contributed by atoms with Crippen LogP contribution in [-0.2, 0) is 10.0 Å². The molecule has 2 rings (SSSR count). The van der Waals surface area contributed by atoms with Gasteiger partial charge in [-0.15, -0.1) is 0 Å². The third kappa shape index (κ3) is 4.58. The molecule has 144 valence electrons. The second-order valence-electron chi connectivity index (χ2n) is 5.32. The molecule has 0 saturated heterocycles. The Bertz CT molecular complexity index is 940. The van der Waals surface area contributed by atoms with Gasteiger partial charge >= 0.3 is 6.18 Å². The van der Waals surface area contributed by atoms with Crippen molar-refractivity contribution in [3.63, 3.8) is 0 Å². The molecule has 1 aromatic heterocycles. The molecule has 0 unspecified atom stereocenters. The lowest BCUT2D eigenvalue weighted by Gasteiger charge is -2.32. The summed E-state index contributed by atoms with van der Waals surface area (Å²) in [5.41, 5.74) is -0.771. The van der Waals surface area contributed by atoms with E-state index >= 15 is 0 Å². The van der Waals surface area contributed by atoms with E-state index in [0.29, 0.717) is 0 Å². The van der Waals surface area contributed by atoms with Gasteiger partial charge in [0.1, 0.15) is 29.5 Å². The van der Waals surface area contributed by atoms with Gasteiger partial charge in [-0.05, 0) is 23.8 Å². The summed E-state index contributed by atoms with van der Waals surface area (Å²) in [4.78, 5) is 2.83. The lowest BCUT2D eigenvalue weighted by Crippen LogP contribution is -2.43. The second-order valence-corrected chi connectivity index (χ2v) is 7.21. The molecule has 1 atom stereocenters. The molecule has 0 radical (unpaired) electrons. The van der Waals surface area contributed by atoms with Crippen LogP contribution in [0.5, 0.6) is 0 Å². The summed E-state index contributed by atoms with van der Waals surface area (Å²) < 4.78 is 92.5. The smallest absolute Gasteiger partial charge is 0.262 e. The Morgan fingerprint density at radius 1 is 1.19 bits per heavy atom. The maximum atomic E-state index is 13.7. The minimum Gasteiger partial charge on any atom is -0.262 e. The molecule has 1 heterocycles. The zero-order valence-electron chi connectivity index (χ0n) is 13.5. The number of pyridine rings is 1. The Hall–Kier alpha value is -2.58. The molecule has 1 aromatic carbocycles. The summed E-state index contributed by atoms with van der Waals surface area (Å²) in [6, 6.07) is 2.75. The Morgan fingerprint density at radius 2 is 1.81 bits per heavy atom. The van der Waals surface area contributed by atoms with Crippen molar-refractivity contribution in [3.8, 4) is 6.07 Å². The lowest BCUT2D eigenvalue weighted by atomic mass is 10.1. The first-order chi connectivity index (χ1) is 12.6. The van der Waals surface area contributed by atoms with Crippen molar-refractivity contribution in [2.75, 3.05) is 13.2 Å². The van der Waals surface area contributed by atoms with E-state index in [4.69, 9.17) is 5.26 Å². The van der Waals surface area contributed by atoms with E-state index in [1.165, 1.54) is 0 Å². The summed E-state index contributed by atoms with van der Waals surface area (Å²) in [5, 5.41) is 8.84. The normalized spacial score (nSPS) is 13.4. The van der Waals surface area contributed by atoms with Crippen LogP contribution < -0.4 is 0 Å². The van der Waals surface area contributed by atoms with Gasteiger partial charge in [-0.25, -0.2) is 17.2 Å². The summed E-state index contributed by atoms with van der Waals surface area (Å²) in [5.74, 6) is -0.814. The number of sulfonamides is 1. The number of rotatable bonds is 6. The van der Waals surface area contributed by atoms with Crippen molar-refractivity contribution in [3.05, 3.63) is 59.7 Å². The molecule has 0 fully saturated rings. The summed E-state index contributed by atoms with van der Waals surface area (Å²) in [7, 11) is -4.87. The van der Waals surface area contributed by atoms with Gasteiger partial charge in [0.25, 0.3) is 0 Å². The van der Waals surface area contributed by atoms with Gasteiger partial charge in [0.2, 0.25) is 10.0 Å². The molecule has 5 nitrogen and oxygen atoms in total. The second kappa shape index (κ2) is 7.98. The molecule has 0 aliphatic heterocycles. The number of nitriles is 1. The van der Waals surface area contributed by atoms with Crippen molar-refractivity contribution in [1.82, 2.24) is 9.29 Å². The molecule has 0 aliphatic carbocycles. The van der Waals surface area contributed by atoms with Crippen LogP contribution in [0.25, 0.3) is 0 Å². The van der Waals surface area contributed by atoms with Gasteiger partial charge in [0.05, 0.1) is 5.56 Å². The number of nitrogens with zero attached hydrogens (tertiary/aromatic N) is 3. The Kier molecular flexibility index (Phi) is 6.12. The van der Waals surface area contributed by atoms with Crippen LogP contribution in [-0.4, -0.2) is 37.1 Å². The van der Waals surface area contributed by atoms with Crippen LogP contribution >= 0.6 is 0 Å². The van der Waals surface area contributed by atoms with Crippen LogP contribution in [0.3, 0.4) is 0 Å². The average molecular weight is 405 g/mol. The van der Waals surface area contributed by atoms with Crippen LogP contribution in [0.1, 0.15) is 17.2 Å². The number of benzene rings is 1. The van der Waals surface area contributed by atoms with Crippen molar-refractivity contribution >= 4 is 10.0 Å². The highest BCUT2D eigenvalue weighted by Crippen LogP contribution is 2.40. The van der Waals surface area contributed by atoms with Crippen molar-refractivity contribution in [1.29, 1.82) is 5.26 Å². The first-order valence-corrected chi connectivity index (χ1v) is 8.80. The monoisotopic (exact) mass is 405 g/mol. The summed E-state index contributed by atoms with van der Waals surface area (Å²) in [6.07, 6.45) is -3.32. The lowest BCUT2D eigenvalue weighted by molar-refractivity contribution is -0.174. The van der Waals surface area contributed by atoms with E-state index in [2.05, 4.69) is 4.98 Å². The number of hydrogen-bond donors (Lipinski definition) is 0. The fourth-order valence-electron chi connectivity index (χ4n) is 2.39. The van der Waals surface area contributed by atoms with E-state index in [0.717, 1.165) is 42.7 Å². The van der Waals surface area contributed by atoms with Gasteiger partial charge in [-0.3, -0.25) is 4.98 Å². The summed E-state index contributed by atoms with van der Waals surface area (Å²) in [6.45, 7) is -2.49. The third-order valence-electron chi connectivity index (χ3n) is 3.54. The zero-order chi connectivity index (χ0) is 20.2. The zero-order valence-corrected chi connectivity index (χ0v) is 14.3. The molecular formula is C16H12F5N3O2S. The molecule has 0 saturated carbocycles. The maximum Gasteiger partial charge on any atom is 0.409 e. The van der Waals surface area contributed by atoms with E-state index in [1.807, 2.05) is 0 Å². The van der Waals surface area contributed by atoms with E-state index in [1.54, 1.807) is 6.07 Å². The average Bonchev–Trinajstić information content (AvgIpc) is 2.62. The predicted octanol–water partition coefficient (Wildman–Crippen LogP) is 3.36. The largest absolute Gasteiger partial charge is 0.409 e. The van der Waals surface area contributed by atoms with Gasteiger partial charge in [-0.2, -0.15) is 22.7 Å². The van der Waals surface area contributed by atoms with Crippen molar-refractivity contribution < 1.29 is 30.4 Å². The topological polar surface area (TPSA) is 74.1 Å². The number of aromatic nitrogens is 1. The van der Waals surface area contributed by atoms with Crippen LogP contribution in [0, 0.1) is 17.1 Å². The molecule has 0 N–H and O–H groups in total. The molecular weight excluding hydrogens is 393 g/mol. The first-order valence-electron chi connectivity index (χ1n) is 7.36. The third-order valence-corrected chi connectivity index (χ3v) is 5.37. The standard InChI is InChI=1S/C16H12F5N3O2S/c17-5-6-24(27(25,26)14-7-11(8-22)9-23-10-14)15(16(19,20)21)12-1-3-13(18)4-2-12/h1-4,7,9-10,15H,5-6H2/t15-/m1/s1. The maximum absolute atomic E-state index is 13.7. The van der Waals surface area contributed by atoms with Gasteiger partial charge < -0.3 is 0 Å². The molecule has 0 amide bonds. The Balaban J connectivity index is 2.63. The minimum absolute atomic E-state index is 0.0710. The quantitative estimate of drug-likeness (QED) is 0.691. The minimum atomic E-state index is -5.11. The van der Waals surface area contributed by atoms with E-state index in [-0.39, 0.29) is 9.87 Å². The molecule has 0 aliphatic rings. The van der Waals surface area contributed by atoms with Gasteiger partial charge in [0, 0.05) is 18.9 Å². The Labute approximate surface area is 151 Å². The fraction of sp³-hybridized carbons (Fsp3) is 0.250. The van der Waals surface area contributed by atoms with Crippen LogP contribution in [0.15, 0.2) is 47.6 Å². The molecule has 27 heavy (non-hydrogen) atoms. The number of halogens is 5. The SMILES string of the molecule is N#Cc1cncc(S(=O)(=O)N(CCF)[C@H](c2ccc(F)cc2)C(F)(F)F)c1. The van der Waals surface area contributed by atoms with E-state index in [9.17, 15) is 30.4 Å². The van der Waals surface area contributed by atoms with Crippen LogP contribution in [0.2, 0.25) is 0 Å².